The van der Waals surface area contributed by atoms with Crippen molar-refractivity contribution in [2.45, 2.75) is 25.8 Å². The number of carbonyl (C=O) groups is 1. The standard InChI is InChI=1S/C16H17NOS/c1-11(2)7-8-19-16-14(10-18)9-13-6-4-5-12(3)15(13)17-16/h4-7,9-10H,8H2,1-3H3. The highest BCUT2D eigenvalue weighted by Gasteiger charge is 2.07. The first-order valence-electron chi connectivity index (χ1n) is 6.23. The van der Waals surface area contributed by atoms with E-state index in [-0.39, 0.29) is 0 Å². The second-order valence-corrected chi connectivity index (χ2v) is 5.75. The fraction of sp³-hybridized carbons (Fsp3) is 0.250. The Balaban J connectivity index is 2.44. The molecule has 0 unspecified atom stereocenters. The third kappa shape index (κ3) is 3.24. The zero-order valence-electron chi connectivity index (χ0n) is 11.4. The summed E-state index contributed by atoms with van der Waals surface area (Å²) in [4.78, 5) is 15.8. The first-order chi connectivity index (χ1) is 9.11. The third-order valence-electron chi connectivity index (χ3n) is 2.88. The van der Waals surface area contributed by atoms with Crippen molar-refractivity contribution in [2.24, 2.45) is 0 Å². The molecule has 2 nitrogen and oxygen atoms in total. The minimum Gasteiger partial charge on any atom is -0.298 e. The Morgan fingerprint density at radius 3 is 2.84 bits per heavy atom. The molecule has 3 heteroatoms. The van der Waals surface area contributed by atoms with Crippen molar-refractivity contribution in [1.82, 2.24) is 4.98 Å². The maximum atomic E-state index is 11.2. The molecule has 1 heterocycles. The van der Waals surface area contributed by atoms with Gasteiger partial charge in [-0.1, -0.05) is 29.8 Å². The third-order valence-corrected chi connectivity index (χ3v) is 3.81. The Morgan fingerprint density at radius 2 is 2.16 bits per heavy atom. The van der Waals surface area contributed by atoms with Gasteiger partial charge in [-0.05, 0) is 32.4 Å². The molecule has 1 aromatic carbocycles. The van der Waals surface area contributed by atoms with E-state index >= 15 is 0 Å². The van der Waals surface area contributed by atoms with E-state index in [1.807, 2.05) is 31.2 Å². The van der Waals surface area contributed by atoms with E-state index < -0.39 is 0 Å². The zero-order valence-corrected chi connectivity index (χ0v) is 12.3. The van der Waals surface area contributed by atoms with Crippen molar-refractivity contribution in [2.75, 3.05) is 5.75 Å². The number of thioether (sulfide) groups is 1. The van der Waals surface area contributed by atoms with Crippen LogP contribution in [-0.2, 0) is 0 Å². The lowest BCUT2D eigenvalue weighted by Gasteiger charge is -2.07. The smallest absolute Gasteiger partial charge is 0.152 e. The predicted octanol–water partition coefficient (Wildman–Crippen LogP) is 4.41. The van der Waals surface area contributed by atoms with Crippen LogP contribution in [0.5, 0.6) is 0 Å². The van der Waals surface area contributed by atoms with E-state index in [2.05, 4.69) is 24.9 Å². The summed E-state index contributed by atoms with van der Waals surface area (Å²) in [6.45, 7) is 6.18. The summed E-state index contributed by atoms with van der Waals surface area (Å²) in [5.41, 5.74) is 4.06. The highest BCUT2D eigenvalue weighted by atomic mass is 32.2. The Hall–Kier alpha value is -1.61. The summed E-state index contributed by atoms with van der Waals surface area (Å²) in [6, 6.07) is 7.95. The lowest BCUT2D eigenvalue weighted by atomic mass is 10.1. The molecule has 0 fully saturated rings. The first kappa shape index (κ1) is 13.8. The van der Waals surface area contributed by atoms with Crippen molar-refractivity contribution in [3.8, 4) is 0 Å². The van der Waals surface area contributed by atoms with Gasteiger partial charge >= 0.3 is 0 Å². The normalized spacial score (nSPS) is 10.5. The molecule has 98 valence electrons. The fourth-order valence-electron chi connectivity index (χ4n) is 1.83. The molecule has 0 atom stereocenters. The summed E-state index contributed by atoms with van der Waals surface area (Å²) >= 11 is 1.60. The van der Waals surface area contributed by atoms with Crippen LogP contribution in [0.15, 0.2) is 40.9 Å². The van der Waals surface area contributed by atoms with Gasteiger partial charge in [0.15, 0.2) is 6.29 Å². The van der Waals surface area contributed by atoms with Gasteiger partial charge in [0.25, 0.3) is 0 Å². The molecular formula is C16H17NOS. The number of fused-ring (bicyclic) bond motifs is 1. The summed E-state index contributed by atoms with van der Waals surface area (Å²) in [7, 11) is 0. The lowest BCUT2D eigenvalue weighted by Crippen LogP contribution is -1.93. The molecule has 0 amide bonds. The Bertz CT molecular complexity index is 642. The SMILES string of the molecule is CC(C)=CCSc1nc2c(C)cccc2cc1C=O. The van der Waals surface area contributed by atoms with Crippen molar-refractivity contribution in [3.05, 3.63) is 47.0 Å². The summed E-state index contributed by atoms with van der Waals surface area (Å²) in [6.07, 6.45) is 3.03. The lowest BCUT2D eigenvalue weighted by molar-refractivity contribution is 0.112. The van der Waals surface area contributed by atoms with E-state index in [9.17, 15) is 4.79 Å². The average molecular weight is 271 g/mol. The van der Waals surface area contributed by atoms with Gasteiger partial charge in [0.1, 0.15) is 5.03 Å². The Kier molecular flexibility index (Phi) is 4.38. The molecule has 0 bridgehead atoms. The quantitative estimate of drug-likeness (QED) is 0.468. The van der Waals surface area contributed by atoms with E-state index in [1.165, 1.54) is 5.57 Å². The van der Waals surface area contributed by atoms with Crippen LogP contribution in [0, 0.1) is 6.92 Å². The second-order valence-electron chi connectivity index (χ2n) is 4.74. The van der Waals surface area contributed by atoms with Crippen molar-refractivity contribution in [1.29, 1.82) is 0 Å². The first-order valence-corrected chi connectivity index (χ1v) is 7.22. The van der Waals surface area contributed by atoms with E-state index in [1.54, 1.807) is 11.8 Å². The minimum atomic E-state index is 0.672. The minimum absolute atomic E-state index is 0.672. The van der Waals surface area contributed by atoms with Gasteiger partial charge in [-0.2, -0.15) is 0 Å². The van der Waals surface area contributed by atoms with E-state index in [4.69, 9.17) is 0 Å². The predicted molar refractivity (Wildman–Crippen MR) is 82.0 cm³/mol. The van der Waals surface area contributed by atoms with E-state index in [0.717, 1.165) is 33.5 Å². The molecule has 19 heavy (non-hydrogen) atoms. The van der Waals surface area contributed by atoms with Crippen LogP contribution in [0.25, 0.3) is 10.9 Å². The average Bonchev–Trinajstić information content (AvgIpc) is 2.38. The van der Waals surface area contributed by atoms with Crippen LogP contribution >= 0.6 is 11.8 Å². The molecule has 0 radical (unpaired) electrons. The molecule has 0 saturated carbocycles. The number of benzene rings is 1. The molecule has 0 aliphatic carbocycles. The Morgan fingerprint density at radius 1 is 1.37 bits per heavy atom. The van der Waals surface area contributed by atoms with Gasteiger partial charge in [-0.25, -0.2) is 4.98 Å². The topological polar surface area (TPSA) is 30.0 Å². The molecule has 2 rings (SSSR count). The van der Waals surface area contributed by atoms with Crippen molar-refractivity contribution in [3.63, 3.8) is 0 Å². The number of hydrogen-bond donors (Lipinski definition) is 0. The molecule has 1 aromatic heterocycles. The van der Waals surface area contributed by atoms with Crippen molar-refractivity contribution >= 4 is 29.0 Å². The van der Waals surface area contributed by atoms with Gasteiger partial charge in [0.2, 0.25) is 0 Å². The Labute approximate surface area is 117 Å². The van der Waals surface area contributed by atoms with Gasteiger partial charge in [0, 0.05) is 16.7 Å². The molecule has 0 spiro atoms. The number of carbonyl (C=O) groups excluding carboxylic acids is 1. The van der Waals surface area contributed by atoms with Gasteiger partial charge in [0.05, 0.1) is 5.52 Å². The number of nitrogens with zero attached hydrogens (tertiary/aromatic N) is 1. The van der Waals surface area contributed by atoms with E-state index in [0.29, 0.717) is 5.56 Å². The molecule has 0 aliphatic rings. The maximum absolute atomic E-state index is 11.2. The largest absolute Gasteiger partial charge is 0.298 e. The number of aryl methyl sites for hydroxylation is 1. The number of rotatable bonds is 4. The van der Waals surface area contributed by atoms with Crippen LogP contribution in [-0.4, -0.2) is 17.0 Å². The van der Waals surface area contributed by atoms with Gasteiger partial charge < -0.3 is 0 Å². The summed E-state index contributed by atoms with van der Waals surface area (Å²) in [5.74, 6) is 0.841. The monoisotopic (exact) mass is 271 g/mol. The highest BCUT2D eigenvalue weighted by molar-refractivity contribution is 7.99. The molecular weight excluding hydrogens is 254 g/mol. The number of aldehydes is 1. The molecule has 0 N–H and O–H groups in total. The van der Waals surface area contributed by atoms with Gasteiger partial charge in [-0.3, -0.25) is 4.79 Å². The van der Waals surface area contributed by atoms with Gasteiger partial charge in [-0.15, -0.1) is 11.8 Å². The van der Waals surface area contributed by atoms with Crippen LogP contribution in [0.1, 0.15) is 29.8 Å². The maximum Gasteiger partial charge on any atom is 0.152 e. The number of para-hydroxylation sites is 1. The fourth-order valence-corrected chi connectivity index (χ4v) is 2.84. The summed E-state index contributed by atoms with van der Waals surface area (Å²) < 4.78 is 0. The molecule has 2 aromatic rings. The van der Waals surface area contributed by atoms with Crippen LogP contribution in [0.3, 0.4) is 0 Å². The highest BCUT2D eigenvalue weighted by Crippen LogP contribution is 2.25. The molecule has 0 aliphatic heterocycles. The van der Waals surface area contributed by atoms with Crippen molar-refractivity contribution < 1.29 is 4.79 Å². The second kappa shape index (κ2) is 6.02. The zero-order chi connectivity index (χ0) is 13.8. The van der Waals surface area contributed by atoms with Crippen LogP contribution in [0.4, 0.5) is 0 Å². The number of hydrogen-bond acceptors (Lipinski definition) is 3. The number of aromatic nitrogens is 1. The van der Waals surface area contributed by atoms with Crippen LogP contribution in [0.2, 0.25) is 0 Å². The van der Waals surface area contributed by atoms with Crippen LogP contribution < -0.4 is 0 Å². The number of pyridine rings is 1. The number of allylic oxidation sites excluding steroid dienone is 1. The molecule has 0 saturated heterocycles. The summed E-state index contributed by atoms with van der Waals surface area (Å²) in [5, 5.41) is 1.84.